The van der Waals surface area contributed by atoms with Crippen molar-refractivity contribution in [1.29, 1.82) is 0 Å². The van der Waals surface area contributed by atoms with Crippen LogP contribution < -0.4 is 5.56 Å². The number of cyclic esters (lactones) is 1. The molecule has 1 saturated carbocycles. The standard InChI is InChI=1S/C31H37N3O4/c1-22(24-11-13-25(14-12-24)27-15-16-28(35)34(32-27)21-23-9-10-23)33-20-19-31(38-29(33)36,18-17-30(2,3)37)26-7-5-4-6-8-26/h4-8,11-16,22-23,37H,9-10,17-21H2,1-3H3/t22-,31+/m0/s1. The lowest BCUT2D eigenvalue weighted by atomic mass is 9.82. The molecule has 3 aromatic rings. The van der Waals surface area contributed by atoms with Gasteiger partial charge in [0.05, 0.1) is 17.3 Å². The second kappa shape index (κ2) is 10.4. The first-order valence-corrected chi connectivity index (χ1v) is 13.6. The van der Waals surface area contributed by atoms with Crippen LogP contribution in [0.4, 0.5) is 4.79 Å². The Kier molecular flexibility index (Phi) is 7.14. The van der Waals surface area contributed by atoms with Gasteiger partial charge in [-0.15, -0.1) is 0 Å². The summed E-state index contributed by atoms with van der Waals surface area (Å²) in [5.74, 6) is 0.568. The van der Waals surface area contributed by atoms with Gasteiger partial charge >= 0.3 is 6.09 Å². The van der Waals surface area contributed by atoms with Gasteiger partial charge in [-0.2, -0.15) is 5.10 Å². The van der Waals surface area contributed by atoms with Gasteiger partial charge in [0.2, 0.25) is 0 Å². The van der Waals surface area contributed by atoms with E-state index in [1.807, 2.05) is 61.5 Å². The summed E-state index contributed by atoms with van der Waals surface area (Å²) in [5.41, 5.74) is 1.99. The van der Waals surface area contributed by atoms with Gasteiger partial charge in [0.25, 0.3) is 5.56 Å². The van der Waals surface area contributed by atoms with E-state index in [-0.39, 0.29) is 17.7 Å². The van der Waals surface area contributed by atoms with Gasteiger partial charge in [-0.1, -0.05) is 54.6 Å². The minimum atomic E-state index is -0.847. The smallest absolute Gasteiger partial charge is 0.411 e. The first kappa shape index (κ1) is 26.2. The third-order valence-electron chi connectivity index (χ3n) is 7.87. The van der Waals surface area contributed by atoms with Crippen molar-refractivity contribution >= 4 is 6.09 Å². The summed E-state index contributed by atoms with van der Waals surface area (Å²) in [6.45, 7) is 6.81. The molecular weight excluding hydrogens is 478 g/mol. The molecule has 0 spiro atoms. The highest BCUT2D eigenvalue weighted by Gasteiger charge is 2.44. The number of hydrogen-bond acceptors (Lipinski definition) is 5. The molecule has 0 radical (unpaired) electrons. The summed E-state index contributed by atoms with van der Waals surface area (Å²) in [7, 11) is 0. The Morgan fingerprint density at radius 1 is 1.05 bits per heavy atom. The van der Waals surface area contributed by atoms with Crippen LogP contribution in [0.15, 0.2) is 71.5 Å². The monoisotopic (exact) mass is 515 g/mol. The van der Waals surface area contributed by atoms with Crippen molar-refractivity contribution in [3.63, 3.8) is 0 Å². The van der Waals surface area contributed by atoms with Crippen molar-refractivity contribution in [2.45, 2.75) is 76.7 Å². The van der Waals surface area contributed by atoms with Crippen molar-refractivity contribution in [3.05, 3.63) is 88.2 Å². The van der Waals surface area contributed by atoms with E-state index in [1.165, 1.54) is 0 Å². The maximum Gasteiger partial charge on any atom is 0.411 e. The number of amides is 1. The number of carbonyl (C=O) groups is 1. The fraction of sp³-hybridized carbons (Fsp3) is 0.452. The Hall–Kier alpha value is -3.45. The third-order valence-corrected chi connectivity index (χ3v) is 7.87. The number of ether oxygens (including phenoxy) is 1. The number of hydrogen-bond donors (Lipinski definition) is 1. The number of rotatable bonds is 9. The molecule has 7 nitrogen and oxygen atoms in total. The van der Waals surface area contributed by atoms with Gasteiger partial charge in [-0.05, 0) is 69.6 Å². The van der Waals surface area contributed by atoms with Crippen molar-refractivity contribution in [2.75, 3.05) is 6.54 Å². The first-order valence-electron chi connectivity index (χ1n) is 13.6. The van der Waals surface area contributed by atoms with Crippen LogP contribution in [0.5, 0.6) is 0 Å². The molecule has 0 unspecified atom stereocenters. The normalized spacial score (nSPS) is 20.7. The van der Waals surface area contributed by atoms with E-state index in [9.17, 15) is 14.7 Å². The Morgan fingerprint density at radius 2 is 1.76 bits per heavy atom. The lowest BCUT2D eigenvalue weighted by Crippen LogP contribution is -2.49. The molecule has 2 fully saturated rings. The maximum absolute atomic E-state index is 13.4. The molecule has 2 aliphatic rings. The molecule has 2 heterocycles. The Labute approximate surface area is 224 Å². The van der Waals surface area contributed by atoms with E-state index in [0.29, 0.717) is 38.3 Å². The molecule has 1 amide bonds. The highest BCUT2D eigenvalue weighted by Crippen LogP contribution is 2.41. The fourth-order valence-electron chi connectivity index (χ4n) is 5.19. The Morgan fingerprint density at radius 3 is 2.39 bits per heavy atom. The van der Waals surface area contributed by atoms with Crippen LogP contribution in [0.3, 0.4) is 0 Å². The predicted molar refractivity (Wildman–Crippen MR) is 147 cm³/mol. The number of benzene rings is 2. The number of aliphatic hydroxyl groups is 1. The largest absolute Gasteiger partial charge is 0.438 e. The molecular formula is C31H37N3O4. The molecule has 0 bridgehead atoms. The van der Waals surface area contributed by atoms with Gasteiger partial charge in [-0.3, -0.25) is 4.79 Å². The molecule has 7 heteroatoms. The summed E-state index contributed by atoms with van der Waals surface area (Å²) in [4.78, 5) is 27.3. The molecule has 1 aromatic heterocycles. The van der Waals surface area contributed by atoms with Gasteiger partial charge in [0.1, 0.15) is 5.60 Å². The number of nitrogens with zero attached hydrogens (tertiary/aromatic N) is 3. The number of aromatic nitrogens is 2. The Balaban J connectivity index is 1.31. The van der Waals surface area contributed by atoms with Crippen LogP contribution in [0.25, 0.3) is 11.3 Å². The quantitative estimate of drug-likeness (QED) is 0.397. The van der Waals surface area contributed by atoms with Crippen LogP contribution in [-0.2, 0) is 16.9 Å². The zero-order chi connectivity index (χ0) is 26.9. The van der Waals surface area contributed by atoms with Gasteiger partial charge in [-0.25, -0.2) is 9.48 Å². The highest BCUT2D eigenvalue weighted by molar-refractivity contribution is 5.70. The highest BCUT2D eigenvalue weighted by atomic mass is 16.6. The van der Waals surface area contributed by atoms with Crippen molar-refractivity contribution in [3.8, 4) is 11.3 Å². The van der Waals surface area contributed by atoms with Gasteiger partial charge in [0.15, 0.2) is 0 Å². The van der Waals surface area contributed by atoms with Crippen LogP contribution in [-0.4, -0.2) is 38.0 Å². The minimum Gasteiger partial charge on any atom is -0.438 e. The van der Waals surface area contributed by atoms with E-state index in [1.54, 1.807) is 35.6 Å². The average Bonchev–Trinajstić information content (AvgIpc) is 3.73. The first-order chi connectivity index (χ1) is 18.1. The van der Waals surface area contributed by atoms with Crippen LogP contribution >= 0.6 is 0 Å². The predicted octanol–water partition coefficient (Wildman–Crippen LogP) is 5.67. The molecule has 1 aliphatic heterocycles. The third kappa shape index (κ3) is 5.83. The molecule has 200 valence electrons. The second-order valence-electron chi connectivity index (χ2n) is 11.5. The topological polar surface area (TPSA) is 84.7 Å². The van der Waals surface area contributed by atoms with Gasteiger partial charge < -0.3 is 14.7 Å². The molecule has 1 N–H and O–H groups in total. The maximum atomic E-state index is 13.4. The van der Waals surface area contributed by atoms with Crippen LogP contribution in [0.2, 0.25) is 0 Å². The van der Waals surface area contributed by atoms with Crippen molar-refractivity contribution in [1.82, 2.24) is 14.7 Å². The van der Waals surface area contributed by atoms with E-state index in [0.717, 1.165) is 35.2 Å². The summed E-state index contributed by atoms with van der Waals surface area (Å²) in [6.07, 6.45) is 3.70. The van der Waals surface area contributed by atoms with Crippen molar-refractivity contribution < 1.29 is 14.6 Å². The van der Waals surface area contributed by atoms with E-state index >= 15 is 0 Å². The molecule has 5 rings (SSSR count). The second-order valence-corrected chi connectivity index (χ2v) is 11.5. The zero-order valence-corrected chi connectivity index (χ0v) is 22.5. The van der Waals surface area contributed by atoms with E-state index in [4.69, 9.17) is 4.74 Å². The zero-order valence-electron chi connectivity index (χ0n) is 22.5. The van der Waals surface area contributed by atoms with Gasteiger partial charge in [0, 0.05) is 31.1 Å². The summed E-state index contributed by atoms with van der Waals surface area (Å²) >= 11 is 0. The SMILES string of the molecule is C[C@@H](c1ccc(-c2ccc(=O)n(CC3CC3)n2)cc1)N1CC[C@](CCC(C)(C)O)(c2ccccc2)OC1=O. The molecule has 1 saturated heterocycles. The van der Waals surface area contributed by atoms with Crippen LogP contribution in [0.1, 0.15) is 70.0 Å². The Bertz CT molecular complexity index is 1330. The number of carbonyl (C=O) groups excluding carboxylic acids is 1. The minimum absolute atomic E-state index is 0.0661. The lowest BCUT2D eigenvalue weighted by molar-refractivity contribution is -0.0767. The molecule has 38 heavy (non-hydrogen) atoms. The van der Waals surface area contributed by atoms with Crippen LogP contribution in [0, 0.1) is 5.92 Å². The fourth-order valence-corrected chi connectivity index (χ4v) is 5.19. The molecule has 2 atom stereocenters. The van der Waals surface area contributed by atoms with E-state index in [2.05, 4.69) is 5.10 Å². The van der Waals surface area contributed by atoms with E-state index < -0.39 is 11.2 Å². The summed E-state index contributed by atoms with van der Waals surface area (Å²) in [5, 5.41) is 14.9. The summed E-state index contributed by atoms with van der Waals surface area (Å²) in [6, 6.07) is 21.1. The lowest BCUT2D eigenvalue weighted by Gasteiger charge is -2.44. The molecule has 1 aliphatic carbocycles. The summed E-state index contributed by atoms with van der Waals surface area (Å²) < 4.78 is 7.77. The van der Waals surface area contributed by atoms with Crippen molar-refractivity contribution in [2.24, 2.45) is 5.92 Å². The average molecular weight is 516 g/mol. The molecule has 2 aromatic carbocycles.